The number of hydrogen-bond donors (Lipinski definition) is 1. The first-order chi connectivity index (χ1) is 12.7. The summed E-state index contributed by atoms with van der Waals surface area (Å²) in [6.07, 6.45) is 3.98. The Balaban J connectivity index is 1.59. The monoisotopic (exact) mass is 352 g/mol. The number of carbonyl (C=O) groups is 1. The van der Waals surface area contributed by atoms with Crippen LogP contribution >= 0.6 is 0 Å². The van der Waals surface area contributed by atoms with Crippen LogP contribution in [0.5, 0.6) is 0 Å². The minimum Gasteiger partial charge on any atom is -0.385 e. The molecule has 1 saturated heterocycles. The molecule has 3 rings (SSSR count). The number of aryl methyl sites for hydroxylation is 1. The number of benzene rings is 1. The standard InChI is InChI=1S/C21H28N4O/c1-3-4-9-22-18-8-10-23-20(16-18)21(26)25-13-11-24(12-14-25)19-7-5-6-17(2)15-19/h5-8,10,15-16H,3-4,9,11-14H2,1-2H3,(H,22,23). The zero-order valence-corrected chi connectivity index (χ0v) is 15.7. The van der Waals surface area contributed by atoms with Crippen LogP contribution in [0.3, 0.4) is 0 Å². The molecule has 2 aromatic rings. The Morgan fingerprint density at radius 3 is 2.69 bits per heavy atom. The summed E-state index contributed by atoms with van der Waals surface area (Å²) in [5.74, 6) is 0.0213. The fraction of sp³-hybridized carbons (Fsp3) is 0.429. The number of nitrogens with one attached hydrogen (secondary N) is 1. The smallest absolute Gasteiger partial charge is 0.272 e. The zero-order chi connectivity index (χ0) is 18.4. The molecule has 0 atom stereocenters. The summed E-state index contributed by atoms with van der Waals surface area (Å²) in [4.78, 5) is 21.3. The summed E-state index contributed by atoms with van der Waals surface area (Å²) < 4.78 is 0. The number of nitrogens with zero attached hydrogens (tertiary/aromatic N) is 3. The number of pyridine rings is 1. The molecule has 1 amide bonds. The van der Waals surface area contributed by atoms with Gasteiger partial charge in [-0.25, -0.2) is 0 Å². The third kappa shape index (κ3) is 4.54. The first-order valence-corrected chi connectivity index (χ1v) is 9.48. The van der Waals surface area contributed by atoms with E-state index >= 15 is 0 Å². The van der Waals surface area contributed by atoms with Gasteiger partial charge in [0.2, 0.25) is 0 Å². The highest BCUT2D eigenvalue weighted by Gasteiger charge is 2.23. The van der Waals surface area contributed by atoms with Crippen molar-refractivity contribution in [2.75, 3.05) is 42.9 Å². The summed E-state index contributed by atoms with van der Waals surface area (Å²) >= 11 is 0. The number of piperazine rings is 1. The Morgan fingerprint density at radius 2 is 1.96 bits per heavy atom. The van der Waals surface area contributed by atoms with Crippen LogP contribution in [-0.2, 0) is 0 Å². The number of anilines is 2. The molecule has 1 N–H and O–H groups in total. The van der Waals surface area contributed by atoms with Crippen LogP contribution in [0.15, 0.2) is 42.6 Å². The highest BCUT2D eigenvalue weighted by molar-refractivity contribution is 5.93. The molecule has 0 spiro atoms. The molecule has 1 aliphatic rings. The van der Waals surface area contributed by atoms with Gasteiger partial charge in [0.05, 0.1) is 0 Å². The average Bonchev–Trinajstić information content (AvgIpc) is 2.68. The van der Waals surface area contributed by atoms with Crippen molar-refractivity contribution in [3.8, 4) is 0 Å². The molecule has 138 valence electrons. The Hall–Kier alpha value is -2.56. The van der Waals surface area contributed by atoms with Crippen LogP contribution in [-0.4, -0.2) is 48.5 Å². The molecule has 26 heavy (non-hydrogen) atoms. The van der Waals surface area contributed by atoms with E-state index in [0.717, 1.165) is 51.3 Å². The normalized spacial score (nSPS) is 14.4. The van der Waals surface area contributed by atoms with Crippen molar-refractivity contribution in [1.29, 1.82) is 0 Å². The first kappa shape index (κ1) is 18.2. The molecule has 0 saturated carbocycles. The number of carbonyl (C=O) groups excluding carboxylic acids is 1. The van der Waals surface area contributed by atoms with Gasteiger partial charge in [0, 0.05) is 50.3 Å². The van der Waals surface area contributed by atoms with Crippen LogP contribution < -0.4 is 10.2 Å². The minimum atomic E-state index is 0.0213. The number of amides is 1. The summed E-state index contributed by atoms with van der Waals surface area (Å²) in [6, 6.07) is 12.3. The number of aromatic nitrogens is 1. The Labute approximate surface area is 156 Å². The zero-order valence-electron chi connectivity index (χ0n) is 15.7. The van der Waals surface area contributed by atoms with Crippen molar-refractivity contribution in [3.63, 3.8) is 0 Å². The van der Waals surface area contributed by atoms with Crippen LogP contribution in [0, 0.1) is 6.92 Å². The Kier molecular flexibility index (Phi) is 6.10. The van der Waals surface area contributed by atoms with Crippen molar-refractivity contribution in [1.82, 2.24) is 9.88 Å². The van der Waals surface area contributed by atoms with E-state index in [1.165, 1.54) is 11.3 Å². The van der Waals surface area contributed by atoms with Gasteiger partial charge in [0.25, 0.3) is 5.91 Å². The molecule has 1 aromatic carbocycles. The van der Waals surface area contributed by atoms with Crippen LogP contribution in [0.2, 0.25) is 0 Å². The number of unbranched alkanes of at least 4 members (excludes halogenated alkanes) is 1. The second-order valence-corrected chi connectivity index (χ2v) is 6.83. The molecule has 5 nitrogen and oxygen atoms in total. The molecule has 1 aromatic heterocycles. The van der Waals surface area contributed by atoms with Gasteiger partial charge in [-0.2, -0.15) is 0 Å². The highest BCUT2D eigenvalue weighted by atomic mass is 16.2. The molecule has 1 aliphatic heterocycles. The lowest BCUT2D eigenvalue weighted by molar-refractivity contribution is 0.0741. The fourth-order valence-corrected chi connectivity index (χ4v) is 3.22. The Morgan fingerprint density at radius 1 is 1.15 bits per heavy atom. The van der Waals surface area contributed by atoms with E-state index in [-0.39, 0.29) is 5.91 Å². The minimum absolute atomic E-state index is 0.0213. The predicted molar refractivity (Wildman–Crippen MR) is 107 cm³/mol. The molecule has 2 heterocycles. The number of hydrogen-bond acceptors (Lipinski definition) is 4. The van der Waals surface area contributed by atoms with E-state index in [2.05, 4.69) is 53.3 Å². The molecule has 0 aliphatic carbocycles. The molecule has 0 bridgehead atoms. The van der Waals surface area contributed by atoms with E-state index in [9.17, 15) is 4.79 Å². The second kappa shape index (κ2) is 8.70. The maximum absolute atomic E-state index is 12.8. The SMILES string of the molecule is CCCCNc1ccnc(C(=O)N2CCN(c3cccc(C)c3)CC2)c1. The van der Waals surface area contributed by atoms with Crippen molar-refractivity contribution in [2.24, 2.45) is 0 Å². The predicted octanol–water partition coefficient (Wildman–Crippen LogP) is 3.56. The summed E-state index contributed by atoms with van der Waals surface area (Å²) in [6.45, 7) is 8.34. The van der Waals surface area contributed by atoms with Gasteiger partial charge >= 0.3 is 0 Å². The Bertz CT molecular complexity index is 738. The van der Waals surface area contributed by atoms with E-state index in [0.29, 0.717) is 5.69 Å². The molecule has 0 unspecified atom stereocenters. The fourth-order valence-electron chi connectivity index (χ4n) is 3.22. The molecule has 0 radical (unpaired) electrons. The van der Waals surface area contributed by atoms with E-state index < -0.39 is 0 Å². The van der Waals surface area contributed by atoms with Gasteiger partial charge in [-0.1, -0.05) is 25.5 Å². The highest BCUT2D eigenvalue weighted by Crippen LogP contribution is 2.19. The van der Waals surface area contributed by atoms with Gasteiger partial charge in [-0.15, -0.1) is 0 Å². The maximum atomic E-state index is 12.8. The molecular weight excluding hydrogens is 324 g/mol. The molecule has 5 heteroatoms. The van der Waals surface area contributed by atoms with Crippen LogP contribution in [0.4, 0.5) is 11.4 Å². The van der Waals surface area contributed by atoms with E-state index in [1.54, 1.807) is 6.20 Å². The van der Waals surface area contributed by atoms with Crippen LogP contribution in [0.25, 0.3) is 0 Å². The van der Waals surface area contributed by atoms with E-state index in [1.807, 2.05) is 17.0 Å². The maximum Gasteiger partial charge on any atom is 0.272 e. The lowest BCUT2D eigenvalue weighted by atomic mass is 10.2. The lowest BCUT2D eigenvalue weighted by Crippen LogP contribution is -2.49. The van der Waals surface area contributed by atoms with Crippen LogP contribution in [0.1, 0.15) is 35.8 Å². The van der Waals surface area contributed by atoms with Gasteiger partial charge in [-0.3, -0.25) is 9.78 Å². The van der Waals surface area contributed by atoms with Crippen molar-refractivity contribution in [2.45, 2.75) is 26.7 Å². The second-order valence-electron chi connectivity index (χ2n) is 6.83. The summed E-state index contributed by atoms with van der Waals surface area (Å²) in [5, 5.41) is 3.36. The summed E-state index contributed by atoms with van der Waals surface area (Å²) in [5.41, 5.74) is 3.99. The average molecular weight is 352 g/mol. The van der Waals surface area contributed by atoms with Gasteiger partial charge in [0.15, 0.2) is 0 Å². The largest absolute Gasteiger partial charge is 0.385 e. The lowest BCUT2D eigenvalue weighted by Gasteiger charge is -2.36. The van der Waals surface area contributed by atoms with Crippen molar-refractivity contribution in [3.05, 3.63) is 53.9 Å². The van der Waals surface area contributed by atoms with Gasteiger partial charge < -0.3 is 15.1 Å². The molecule has 1 fully saturated rings. The van der Waals surface area contributed by atoms with E-state index in [4.69, 9.17) is 0 Å². The van der Waals surface area contributed by atoms with Crippen molar-refractivity contribution >= 4 is 17.3 Å². The number of rotatable bonds is 6. The van der Waals surface area contributed by atoms with Gasteiger partial charge in [-0.05, 0) is 43.2 Å². The molecular formula is C21H28N4O. The topological polar surface area (TPSA) is 48.5 Å². The van der Waals surface area contributed by atoms with Crippen molar-refractivity contribution < 1.29 is 4.79 Å². The first-order valence-electron chi connectivity index (χ1n) is 9.48. The third-order valence-electron chi connectivity index (χ3n) is 4.77. The summed E-state index contributed by atoms with van der Waals surface area (Å²) in [7, 11) is 0. The third-order valence-corrected chi connectivity index (χ3v) is 4.77. The quantitative estimate of drug-likeness (QED) is 0.808. The van der Waals surface area contributed by atoms with Gasteiger partial charge in [0.1, 0.15) is 5.69 Å².